The summed E-state index contributed by atoms with van der Waals surface area (Å²) in [6.45, 7) is 1.75. The zero-order chi connectivity index (χ0) is 10.6. The molecule has 0 aromatic carbocycles. The van der Waals surface area contributed by atoms with Crippen molar-refractivity contribution in [3.63, 3.8) is 0 Å². The number of nitro groups is 1. The molecule has 0 aliphatic carbocycles. The van der Waals surface area contributed by atoms with E-state index in [1.807, 2.05) is 0 Å². The van der Waals surface area contributed by atoms with Crippen LogP contribution in [-0.2, 0) is 14.7 Å². The lowest BCUT2D eigenvalue weighted by Gasteiger charge is -2.07. The minimum atomic E-state index is -2.90. The van der Waals surface area contributed by atoms with Gasteiger partial charge >= 0.3 is 0 Å². The van der Waals surface area contributed by atoms with Gasteiger partial charge in [-0.25, -0.2) is 19.0 Å². The number of hydrogen-bond donors (Lipinski definition) is 1. The van der Waals surface area contributed by atoms with Gasteiger partial charge in [0.15, 0.2) is 9.92 Å². The van der Waals surface area contributed by atoms with E-state index in [4.69, 9.17) is 4.74 Å². The van der Waals surface area contributed by atoms with E-state index in [-0.39, 0.29) is 5.92 Å². The molecule has 0 spiro atoms. The average molecular weight is 223 g/mol. The molecule has 2 unspecified atom stereocenters. The second-order valence-corrected chi connectivity index (χ2v) is 5.26. The van der Waals surface area contributed by atoms with E-state index in [0.29, 0.717) is 19.8 Å². The molecule has 0 aromatic rings. The van der Waals surface area contributed by atoms with E-state index in [0.717, 1.165) is 6.42 Å². The van der Waals surface area contributed by atoms with Crippen molar-refractivity contribution in [3.05, 3.63) is 10.1 Å². The maximum Gasteiger partial charge on any atom is 0.201 e. The van der Waals surface area contributed by atoms with E-state index in [9.17, 15) is 14.3 Å². The van der Waals surface area contributed by atoms with Crippen molar-refractivity contribution in [1.29, 1.82) is 0 Å². The SMILES string of the molecule is CS(=O)(=N[N+](=O)[O-])NCC1CCOC1. The van der Waals surface area contributed by atoms with Crippen LogP contribution in [0.15, 0.2) is 4.47 Å². The van der Waals surface area contributed by atoms with Crippen molar-refractivity contribution in [2.75, 3.05) is 26.0 Å². The molecule has 1 aliphatic rings. The van der Waals surface area contributed by atoms with Gasteiger partial charge in [-0.15, -0.1) is 0 Å². The van der Waals surface area contributed by atoms with Gasteiger partial charge in [0.05, 0.1) is 6.61 Å². The number of ether oxygens (including phenoxy) is 1. The van der Waals surface area contributed by atoms with Gasteiger partial charge in [0.25, 0.3) is 0 Å². The predicted molar refractivity (Wildman–Crippen MR) is 50.4 cm³/mol. The topological polar surface area (TPSA) is 93.8 Å². The van der Waals surface area contributed by atoms with Gasteiger partial charge < -0.3 is 4.74 Å². The molecule has 1 N–H and O–H groups in total. The Morgan fingerprint density at radius 2 is 2.50 bits per heavy atom. The molecule has 0 bridgehead atoms. The summed E-state index contributed by atoms with van der Waals surface area (Å²) in [6.07, 6.45) is 2.10. The van der Waals surface area contributed by atoms with E-state index < -0.39 is 14.9 Å². The third-order valence-corrected chi connectivity index (χ3v) is 3.03. The molecule has 0 amide bonds. The smallest absolute Gasteiger partial charge is 0.201 e. The van der Waals surface area contributed by atoms with Crippen LogP contribution < -0.4 is 4.72 Å². The molecule has 1 rings (SSSR count). The quantitative estimate of drug-likeness (QED) is 0.528. The molecule has 1 saturated heterocycles. The third-order valence-electron chi connectivity index (χ3n) is 1.89. The molecule has 7 nitrogen and oxygen atoms in total. The van der Waals surface area contributed by atoms with Crippen molar-refractivity contribution in [3.8, 4) is 0 Å². The molecule has 1 fully saturated rings. The normalized spacial score (nSPS) is 25.6. The highest BCUT2D eigenvalue weighted by molar-refractivity contribution is 7.90. The molecule has 14 heavy (non-hydrogen) atoms. The second-order valence-electron chi connectivity index (χ2n) is 3.20. The fourth-order valence-electron chi connectivity index (χ4n) is 1.17. The van der Waals surface area contributed by atoms with Crippen LogP contribution in [0.25, 0.3) is 0 Å². The first-order valence-corrected chi connectivity index (χ1v) is 6.11. The molecular weight excluding hydrogens is 210 g/mol. The molecule has 82 valence electrons. The van der Waals surface area contributed by atoms with E-state index >= 15 is 0 Å². The first-order valence-electron chi connectivity index (χ1n) is 4.18. The second kappa shape index (κ2) is 4.67. The summed E-state index contributed by atoms with van der Waals surface area (Å²) in [5.41, 5.74) is 0. The highest BCUT2D eigenvalue weighted by atomic mass is 32.2. The van der Waals surface area contributed by atoms with Crippen LogP contribution >= 0.6 is 0 Å². The molecule has 8 heteroatoms. The van der Waals surface area contributed by atoms with E-state index in [2.05, 4.69) is 9.19 Å². The summed E-state index contributed by atoms with van der Waals surface area (Å²) >= 11 is 0. The zero-order valence-corrected chi connectivity index (χ0v) is 8.66. The molecular formula is C6H13N3O4S. The van der Waals surface area contributed by atoms with Gasteiger partial charge in [0, 0.05) is 19.4 Å². The molecule has 0 saturated carbocycles. The van der Waals surface area contributed by atoms with Crippen LogP contribution in [0.4, 0.5) is 0 Å². The summed E-state index contributed by atoms with van der Waals surface area (Å²) in [7, 11) is -2.90. The summed E-state index contributed by atoms with van der Waals surface area (Å²) in [4.78, 5) is 10.0. The maximum absolute atomic E-state index is 11.4. The highest BCUT2D eigenvalue weighted by Crippen LogP contribution is 2.10. The van der Waals surface area contributed by atoms with Crippen LogP contribution in [0.3, 0.4) is 0 Å². The van der Waals surface area contributed by atoms with Crippen molar-refractivity contribution < 1.29 is 14.0 Å². The Morgan fingerprint density at radius 1 is 1.79 bits per heavy atom. The maximum atomic E-state index is 11.4. The average Bonchev–Trinajstić information content (AvgIpc) is 2.50. The summed E-state index contributed by atoms with van der Waals surface area (Å²) in [5.74, 6) is 0.276. The monoisotopic (exact) mass is 223 g/mol. The van der Waals surface area contributed by atoms with Gasteiger partial charge in [-0.1, -0.05) is 0 Å². The van der Waals surface area contributed by atoms with Crippen LogP contribution in [-0.4, -0.2) is 35.3 Å². The van der Waals surface area contributed by atoms with E-state index in [1.165, 1.54) is 6.26 Å². The van der Waals surface area contributed by atoms with Gasteiger partial charge in [-0.05, 0) is 12.3 Å². The van der Waals surface area contributed by atoms with Crippen molar-refractivity contribution in [2.45, 2.75) is 6.42 Å². The van der Waals surface area contributed by atoms with Gasteiger partial charge in [-0.3, -0.25) is 0 Å². The predicted octanol–water partition coefficient (Wildman–Crippen LogP) is -0.183. The van der Waals surface area contributed by atoms with Crippen molar-refractivity contribution in [1.82, 2.24) is 4.72 Å². The Kier molecular flexibility index (Phi) is 3.78. The van der Waals surface area contributed by atoms with Crippen LogP contribution in [0, 0.1) is 16.0 Å². The molecule has 2 atom stereocenters. The Balaban J connectivity index is 2.43. The van der Waals surface area contributed by atoms with Crippen LogP contribution in [0.5, 0.6) is 0 Å². The summed E-state index contributed by atoms with van der Waals surface area (Å²) < 4.78 is 21.9. The Labute approximate surface area is 82.3 Å². The zero-order valence-electron chi connectivity index (χ0n) is 7.84. The molecule has 1 heterocycles. The van der Waals surface area contributed by atoms with Gasteiger partial charge in [-0.2, -0.15) is 0 Å². The van der Waals surface area contributed by atoms with Crippen LogP contribution in [0.2, 0.25) is 0 Å². The minimum absolute atomic E-state index is 0.276. The Hall–Kier alpha value is -0.730. The van der Waals surface area contributed by atoms with Crippen molar-refractivity contribution in [2.24, 2.45) is 10.4 Å². The lowest BCUT2D eigenvalue weighted by Crippen LogP contribution is -2.29. The summed E-state index contributed by atoms with van der Waals surface area (Å²) in [5, 5.41) is 9.08. The van der Waals surface area contributed by atoms with Crippen molar-refractivity contribution >= 4 is 9.92 Å². The summed E-state index contributed by atoms with van der Waals surface area (Å²) in [6, 6.07) is 0. The van der Waals surface area contributed by atoms with E-state index in [1.54, 1.807) is 0 Å². The first-order chi connectivity index (χ1) is 6.49. The standard InChI is InChI=1S/C6H13N3O4S/c1-14(12,8-9(10)11)7-4-6-2-3-13-5-6/h6H,2-5H2,1H3,(H,7,8,12). The molecule has 0 radical (unpaired) electrons. The minimum Gasteiger partial charge on any atom is -0.381 e. The molecule has 0 aromatic heterocycles. The fourth-order valence-corrected chi connectivity index (χ4v) is 2.03. The Morgan fingerprint density at radius 3 is 3.00 bits per heavy atom. The fraction of sp³-hybridized carbons (Fsp3) is 1.00. The number of rotatable bonds is 4. The number of nitrogens with zero attached hydrogens (tertiary/aromatic N) is 2. The largest absolute Gasteiger partial charge is 0.381 e. The van der Waals surface area contributed by atoms with Crippen LogP contribution in [0.1, 0.15) is 6.42 Å². The van der Waals surface area contributed by atoms with Gasteiger partial charge in [0.1, 0.15) is 4.47 Å². The Bertz CT molecular complexity index is 317. The third kappa shape index (κ3) is 3.99. The number of nitrogens with one attached hydrogen (secondary N) is 1. The number of hydrogen-bond acceptors (Lipinski definition) is 4. The first kappa shape index (κ1) is 11.3. The molecule has 1 aliphatic heterocycles. The van der Waals surface area contributed by atoms with Gasteiger partial charge in [0.2, 0.25) is 5.03 Å². The lowest BCUT2D eigenvalue weighted by atomic mass is 10.1. The lowest BCUT2D eigenvalue weighted by molar-refractivity contribution is -0.482. The highest BCUT2D eigenvalue weighted by Gasteiger charge is 2.17.